The summed E-state index contributed by atoms with van der Waals surface area (Å²) < 4.78 is 16.3. The maximum absolute atomic E-state index is 8.88. The van der Waals surface area contributed by atoms with Crippen molar-refractivity contribution in [1.29, 1.82) is 0 Å². The van der Waals surface area contributed by atoms with E-state index in [9.17, 15) is 0 Å². The predicted octanol–water partition coefficient (Wildman–Crippen LogP) is 2.04. The molecule has 0 amide bonds. The highest BCUT2D eigenvalue weighted by molar-refractivity contribution is 5.39. The molecular weight excluding hydrogens is 258 g/mol. The van der Waals surface area contributed by atoms with Crippen molar-refractivity contribution in [2.45, 2.75) is 6.61 Å². The zero-order chi connectivity index (χ0) is 14.2. The molecule has 0 atom stereocenters. The van der Waals surface area contributed by atoms with Crippen LogP contribution >= 0.6 is 0 Å². The number of rotatable bonds is 7. The number of pyridine rings is 1. The van der Waals surface area contributed by atoms with E-state index in [1.54, 1.807) is 25.4 Å². The van der Waals surface area contributed by atoms with E-state index in [0.717, 1.165) is 0 Å². The lowest BCUT2D eigenvalue weighted by molar-refractivity contribution is 0.210. The zero-order valence-corrected chi connectivity index (χ0v) is 11.3. The number of hydrogen-bond donors (Lipinski definition) is 1. The molecule has 0 saturated carbocycles. The Morgan fingerprint density at radius 3 is 2.40 bits per heavy atom. The van der Waals surface area contributed by atoms with E-state index < -0.39 is 0 Å². The van der Waals surface area contributed by atoms with Crippen LogP contribution in [0, 0.1) is 0 Å². The molecule has 1 aromatic heterocycles. The average Bonchev–Trinajstić information content (AvgIpc) is 2.52. The van der Waals surface area contributed by atoms with Crippen molar-refractivity contribution in [1.82, 2.24) is 4.98 Å². The summed E-state index contributed by atoms with van der Waals surface area (Å²) in [7, 11) is 1.60. The monoisotopic (exact) mass is 275 g/mol. The van der Waals surface area contributed by atoms with Gasteiger partial charge in [-0.2, -0.15) is 0 Å². The van der Waals surface area contributed by atoms with Gasteiger partial charge in [-0.1, -0.05) is 12.1 Å². The summed E-state index contributed by atoms with van der Waals surface area (Å²) in [4.78, 5) is 4.03. The molecule has 1 N–H and O–H groups in total. The van der Waals surface area contributed by atoms with Crippen LogP contribution in [0.1, 0.15) is 5.69 Å². The van der Waals surface area contributed by atoms with Crippen LogP contribution in [0.4, 0.5) is 0 Å². The average molecular weight is 275 g/mol. The van der Waals surface area contributed by atoms with Gasteiger partial charge in [0.15, 0.2) is 11.5 Å². The smallest absolute Gasteiger partial charge is 0.161 e. The molecule has 5 heteroatoms. The fourth-order valence-corrected chi connectivity index (χ4v) is 1.64. The second-order valence-electron chi connectivity index (χ2n) is 3.99. The molecule has 1 heterocycles. The first-order valence-corrected chi connectivity index (χ1v) is 6.28. The first-order chi connectivity index (χ1) is 9.83. The van der Waals surface area contributed by atoms with Crippen molar-refractivity contribution in [2.75, 3.05) is 20.3 Å². The lowest BCUT2D eigenvalue weighted by atomic mass is 10.3. The Labute approximate surface area is 117 Å². The molecule has 2 aromatic rings. The van der Waals surface area contributed by atoms with Crippen molar-refractivity contribution < 1.29 is 19.3 Å². The van der Waals surface area contributed by atoms with Crippen LogP contribution in [-0.2, 0) is 6.61 Å². The van der Waals surface area contributed by atoms with Crippen molar-refractivity contribution in [3.05, 3.63) is 48.3 Å². The SMILES string of the molecule is COc1ccccc1OCCOc1ccc(CO)nc1. The minimum absolute atomic E-state index is 0.0722. The number of aliphatic hydroxyl groups excluding tert-OH is 1. The van der Waals surface area contributed by atoms with Gasteiger partial charge >= 0.3 is 0 Å². The highest BCUT2D eigenvalue weighted by Crippen LogP contribution is 2.25. The lowest BCUT2D eigenvalue weighted by Gasteiger charge is -2.11. The van der Waals surface area contributed by atoms with Gasteiger partial charge in [0.05, 0.1) is 25.6 Å². The maximum Gasteiger partial charge on any atom is 0.161 e. The van der Waals surface area contributed by atoms with Gasteiger partial charge < -0.3 is 19.3 Å². The number of para-hydroxylation sites is 2. The number of nitrogens with zero attached hydrogens (tertiary/aromatic N) is 1. The molecule has 0 aliphatic heterocycles. The fraction of sp³-hybridized carbons (Fsp3) is 0.267. The van der Waals surface area contributed by atoms with Crippen LogP contribution in [0.5, 0.6) is 17.2 Å². The molecule has 0 aliphatic carbocycles. The van der Waals surface area contributed by atoms with E-state index in [4.69, 9.17) is 19.3 Å². The van der Waals surface area contributed by atoms with Crippen LogP contribution in [0.3, 0.4) is 0 Å². The van der Waals surface area contributed by atoms with Crippen LogP contribution in [0.25, 0.3) is 0 Å². The molecule has 0 aliphatic rings. The first kappa shape index (κ1) is 14.1. The molecule has 0 unspecified atom stereocenters. The molecule has 106 valence electrons. The Morgan fingerprint density at radius 1 is 1.00 bits per heavy atom. The zero-order valence-electron chi connectivity index (χ0n) is 11.3. The number of methoxy groups -OCH3 is 1. The molecule has 0 bridgehead atoms. The Kier molecular flexibility index (Phi) is 5.20. The second-order valence-corrected chi connectivity index (χ2v) is 3.99. The van der Waals surface area contributed by atoms with E-state index in [-0.39, 0.29) is 6.61 Å². The Balaban J connectivity index is 1.78. The van der Waals surface area contributed by atoms with Gasteiger partial charge in [0.25, 0.3) is 0 Å². The van der Waals surface area contributed by atoms with Gasteiger partial charge in [-0.25, -0.2) is 0 Å². The largest absolute Gasteiger partial charge is 0.493 e. The number of ether oxygens (including phenoxy) is 3. The van der Waals surface area contributed by atoms with Gasteiger partial charge in [0, 0.05) is 0 Å². The van der Waals surface area contributed by atoms with Gasteiger partial charge in [-0.05, 0) is 24.3 Å². The Morgan fingerprint density at radius 2 is 1.75 bits per heavy atom. The van der Waals surface area contributed by atoms with Crippen LogP contribution in [-0.4, -0.2) is 30.4 Å². The van der Waals surface area contributed by atoms with E-state index in [2.05, 4.69) is 4.98 Å². The molecule has 5 nitrogen and oxygen atoms in total. The Hall–Kier alpha value is -2.27. The van der Waals surface area contributed by atoms with E-state index in [0.29, 0.717) is 36.2 Å². The van der Waals surface area contributed by atoms with Crippen molar-refractivity contribution in [2.24, 2.45) is 0 Å². The summed E-state index contributed by atoms with van der Waals surface area (Å²) in [5.74, 6) is 2.03. The normalized spacial score (nSPS) is 10.1. The molecule has 0 saturated heterocycles. The van der Waals surface area contributed by atoms with E-state index in [1.165, 1.54) is 0 Å². The summed E-state index contributed by atoms with van der Waals surface area (Å²) in [6.45, 7) is 0.734. The predicted molar refractivity (Wildman–Crippen MR) is 74.1 cm³/mol. The summed E-state index contributed by atoms with van der Waals surface area (Å²) in [5, 5.41) is 8.88. The third-order valence-electron chi connectivity index (χ3n) is 2.64. The standard InChI is InChI=1S/C15H17NO4/c1-18-14-4-2-3-5-15(14)20-9-8-19-13-7-6-12(11-17)16-10-13/h2-7,10,17H,8-9,11H2,1H3. The topological polar surface area (TPSA) is 60.8 Å². The van der Waals surface area contributed by atoms with Crippen molar-refractivity contribution in [3.8, 4) is 17.2 Å². The highest BCUT2D eigenvalue weighted by Gasteiger charge is 2.02. The second kappa shape index (κ2) is 7.35. The highest BCUT2D eigenvalue weighted by atomic mass is 16.5. The van der Waals surface area contributed by atoms with Crippen molar-refractivity contribution in [3.63, 3.8) is 0 Å². The number of benzene rings is 1. The van der Waals surface area contributed by atoms with Gasteiger partial charge in [0.1, 0.15) is 19.0 Å². The lowest BCUT2D eigenvalue weighted by Crippen LogP contribution is -2.09. The number of aromatic nitrogens is 1. The van der Waals surface area contributed by atoms with Gasteiger partial charge in [0.2, 0.25) is 0 Å². The quantitative estimate of drug-likeness (QED) is 0.783. The first-order valence-electron chi connectivity index (χ1n) is 6.28. The number of hydrogen-bond acceptors (Lipinski definition) is 5. The van der Waals surface area contributed by atoms with E-state index in [1.807, 2.05) is 24.3 Å². The molecule has 1 aromatic carbocycles. The summed E-state index contributed by atoms with van der Waals surface area (Å²) in [5.41, 5.74) is 0.614. The number of aliphatic hydroxyl groups is 1. The minimum Gasteiger partial charge on any atom is -0.493 e. The summed E-state index contributed by atoms with van der Waals surface area (Å²) in [6, 6.07) is 10.9. The molecule has 20 heavy (non-hydrogen) atoms. The maximum atomic E-state index is 8.88. The summed E-state index contributed by atoms with van der Waals surface area (Å²) >= 11 is 0. The third-order valence-corrected chi connectivity index (χ3v) is 2.64. The van der Waals surface area contributed by atoms with Crippen LogP contribution in [0.2, 0.25) is 0 Å². The van der Waals surface area contributed by atoms with Crippen LogP contribution < -0.4 is 14.2 Å². The molecular formula is C15H17NO4. The van der Waals surface area contributed by atoms with E-state index >= 15 is 0 Å². The Bertz CT molecular complexity index is 528. The fourth-order valence-electron chi connectivity index (χ4n) is 1.64. The molecule has 2 rings (SSSR count). The van der Waals surface area contributed by atoms with Gasteiger partial charge in [-0.15, -0.1) is 0 Å². The minimum atomic E-state index is -0.0722. The summed E-state index contributed by atoms with van der Waals surface area (Å²) in [6.07, 6.45) is 1.58. The van der Waals surface area contributed by atoms with Crippen LogP contribution in [0.15, 0.2) is 42.6 Å². The third kappa shape index (κ3) is 3.86. The molecule has 0 fully saturated rings. The van der Waals surface area contributed by atoms with Gasteiger partial charge in [-0.3, -0.25) is 4.98 Å². The molecule has 0 radical (unpaired) electrons. The van der Waals surface area contributed by atoms with Crippen molar-refractivity contribution >= 4 is 0 Å². The molecule has 0 spiro atoms.